The van der Waals surface area contributed by atoms with Crippen molar-refractivity contribution in [1.82, 2.24) is 0 Å². The summed E-state index contributed by atoms with van der Waals surface area (Å²) in [4.78, 5) is 41.1. The fourth-order valence-electron chi connectivity index (χ4n) is 0.531. The van der Waals surface area contributed by atoms with Crippen molar-refractivity contribution < 1.29 is 38.9 Å². The van der Waals surface area contributed by atoms with E-state index in [4.69, 9.17) is 10.2 Å². The highest BCUT2D eigenvalue weighted by Crippen LogP contribution is 2.03. The van der Waals surface area contributed by atoms with Gasteiger partial charge in [0.05, 0.1) is 6.42 Å². The smallest absolute Gasteiger partial charge is 0.449 e. The van der Waals surface area contributed by atoms with Crippen molar-refractivity contribution in [1.29, 1.82) is 0 Å². The van der Waals surface area contributed by atoms with Gasteiger partial charge in [0.1, 0.15) is 0 Å². The van der Waals surface area contributed by atoms with E-state index < -0.39 is 36.2 Å². The number of ether oxygens (including phenoxy) is 2. The maximum atomic E-state index is 10.7. The van der Waals surface area contributed by atoms with Gasteiger partial charge in [-0.2, -0.15) is 0 Å². The summed E-state index contributed by atoms with van der Waals surface area (Å²) in [7, 11) is 0. The monoisotopic (exact) mass is 218 g/mol. The van der Waals surface area contributed by atoms with Crippen LogP contribution < -0.4 is 0 Å². The van der Waals surface area contributed by atoms with Crippen molar-refractivity contribution >= 4 is 24.2 Å². The zero-order chi connectivity index (χ0) is 12.0. The summed E-state index contributed by atoms with van der Waals surface area (Å²) in [5.74, 6) is -2.60. The lowest BCUT2D eigenvalue weighted by atomic mass is 10.2. The van der Waals surface area contributed by atoms with Crippen LogP contribution in [0.5, 0.6) is 0 Å². The molecule has 0 aromatic rings. The number of carbonyl (C=O) groups excluding carboxylic acids is 2. The molecule has 0 saturated carbocycles. The number of hydrogen-bond acceptors (Lipinski definition) is 6. The van der Waals surface area contributed by atoms with Gasteiger partial charge in [-0.3, -0.25) is 4.79 Å². The van der Waals surface area contributed by atoms with E-state index in [0.29, 0.717) is 0 Å². The topological polar surface area (TPSA) is 127 Å². The summed E-state index contributed by atoms with van der Waals surface area (Å²) >= 11 is 0. The predicted molar refractivity (Wildman–Crippen MR) is 42.0 cm³/mol. The third kappa shape index (κ3) is 5.80. The number of carbonyl (C=O) groups is 4. The lowest BCUT2D eigenvalue weighted by molar-refractivity contribution is -0.141. The molecular weight excluding hydrogens is 212 g/mol. The highest BCUT2D eigenvalue weighted by Gasteiger charge is 2.18. The van der Waals surface area contributed by atoms with Gasteiger partial charge in [-0.05, 0) is 0 Å². The summed E-state index contributed by atoms with van der Waals surface area (Å²) in [6.45, 7) is 3.02. The molecule has 0 unspecified atom stereocenters. The number of rotatable bonds is 3. The van der Waals surface area contributed by atoms with Gasteiger partial charge in [0.2, 0.25) is 0 Å². The molecule has 0 atom stereocenters. The van der Waals surface area contributed by atoms with E-state index in [1.165, 1.54) is 0 Å². The maximum absolute atomic E-state index is 10.7. The second-order valence-electron chi connectivity index (χ2n) is 2.18. The fraction of sp³-hybridized carbons (Fsp3) is 0.143. The first-order valence-electron chi connectivity index (χ1n) is 3.39. The van der Waals surface area contributed by atoms with Gasteiger partial charge in [-0.25, -0.2) is 14.4 Å². The molecule has 2 N–H and O–H groups in total. The fourth-order valence-corrected chi connectivity index (χ4v) is 0.531. The molecule has 0 aliphatic rings. The zero-order valence-electron chi connectivity index (χ0n) is 7.26. The highest BCUT2D eigenvalue weighted by molar-refractivity contribution is 5.98. The van der Waals surface area contributed by atoms with E-state index in [1.807, 2.05) is 0 Å². The maximum Gasteiger partial charge on any atom is 0.513 e. The molecule has 0 radical (unpaired) electrons. The van der Waals surface area contributed by atoms with Crippen LogP contribution in [0.4, 0.5) is 9.59 Å². The first-order valence-corrected chi connectivity index (χ1v) is 3.39. The van der Waals surface area contributed by atoms with Crippen LogP contribution in [0, 0.1) is 0 Å². The first kappa shape index (κ1) is 12.6. The molecule has 0 spiro atoms. The average Bonchev–Trinajstić information content (AvgIpc) is 2.00. The third-order valence-corrected chi connectivity index (χ3v) is 1.03. The molecule has 0 bridgehead atoms. The number of hydrogen-bond donors (Lipinski definition) is 2. The lowest BCUT2D eigenvalue weighted by Crippen LogP contribution is -2.16. The van der Waals surface area contributed by atoms with Crippen LogP contribution in [0.3, 0.4) is 0 Å². The van der Waals surface area contributed by atoms with E-state index in [1.54, 1.807) is 0 Å². The Morgan fingerprint density at radius 3 is 1.87 bits per heavy atom. The molecule has 0 aliphatic carbocycles. The third-order valence-electron chi connectivity index (χ3n) is 1.03. The van der Waals surface area contributed by atoms with E-state index >= 15 is 0 Å². The van der Waals surface area contributed by atoms with Crippen LogP contribution in [-0.4, -0.2) is 34.5 Å². The van der Waals surface area contributed by atoms with Crippen LogP contribution in [0.25, 0.3) is 0 Å². The standard InChI is InChI=1S/C7H6O8/c1-3(5(9)15-7(12)13)2-4(8)14-6(10)11/h1-2H2,(H,10,11)(H,12,13). The van der Waals surface area contributed by atoms with E-state index in [0.717, 1.165) is 0 Å². The Morgan fingerprint density at radius 2 is 1.47 bits per heavy atom. The zero-order valence-corrected chi connectivity index (χ0v) is 7.26. The molecule has 0 heterocycles. The molecule has 15 heavy (non-hydrogen) atoms. The Balaban J connectivity index is 4.13. The van der Waals surface area contributed by atoms with Gasteiger partial charge in [-0.1, -0.05) is 6.58 Å². The van der Waals surface area contributed by atoms with E-state index in [9.17, 15) is 19.2 Å². The van der Waals surface area contributed by atoms with Crippen LogP contribution in [-0.2, 0) is 19.1 Å². The largest absolute Gasteiger partial charge is 0.513 e. The lowest BCUT2D eigenvalue weighted by Gasteiger charge is -2.01. The van der Waals surface area contributed by atoms with Gasteiger partial charge in [0.25, 0.3) is 0 Å². The molecule has 0 fully saturated rings. The minimum atomic E-state index is -1.85. The Labute approximate surface area is 82.7 Å². The minimum Gasteiger partial charge on any atom is -0.449 e. The van der Waals surface area contributed by atoms with Gasteiger partial charge < -0.3 is 19.7 Å². The molecule has 0 saturated heterocycles. The summed E-state index contributed by atoms with van der Waals surface area (Å²) in [6, 6.07) is 0. The van der Waals surface area contributed by atoms with E-state index in [-0.39, 0.29) is 0 Å². The Bertz CT molecular complexity index is 328. The quantitative estimate of drug-likeness (QED) is 0.395. The van der Waals surface area contributed by atoms with Crippen molar-refractivity contribution in [2.45, 2.75) is 6.42 Å². The van der Waals surface area contributed by atoms with Crippen LogP contribution in [0.15, 0.2) is 12.2 Å². The Kier molecular flexibility index (Phi) is 4.52. The van der Waals surface area contributed by atoms with Crippen molar-refractivity contribution in [3.63, 3.8) is 0 Å². The molecular formula is C7H6O8. The van der Waals surface area contributed by atoms with Crippen LogP contribution >= 0.6 is 0 Å². The first-order chi connectivity index (χ1) is 6.82. The average molecular weight is 218 g/mol. The van der Waals surface area contributed by atoms with Gasteiger partial charge in [-0.15, -0.1) is 0 Å². The van der Waals surface area contributed by atoms with Crippen molar-refractivity contribution in [3.8, 4) is 0 Å². The molecule has 0 amide bonds. The van der Waals surface area contributed by atoms with Crippen molar-refractivity contribution in [2.75, 3.05) is 0 Å². The molecule has 8 heteroatoms. The Hall–Kier alpha value is -2.38. The second kappa shape index (κ2) is 5.37. The van der Waals surface area contributed by atoms with Gasteiger partial charge >= 0.3 is 24.2 Å². The Morgan fingerprint density at radius 1 is 1.00 bits per heavy atom. The number of carboxylic acid groups (broad SMARTS) is 2. The molecule has 0 rings (SSSR count). The SMILES string of the molecule is C=C(CC(=O)OC(=O)O)C(=O)OC(=O)O. The number of esters is 2. The summed E-state index contributed by atoms with van der Waals surface area (Å²) in [6.07, 6.45) is -4.45. The minimum absolute atomic E-state index is 0.524. The molecule has 8 nitrogen and oxygen atoms in total. The molecule has 0 aromatic carbocycles. The molecule has 0 aliphatic heterocycles. The summed E-state index contributed by atoms with van der Waals surface area (Å²) in [5.41, 5.74) is -0.524. The summed E-state index contributed by atoms with van der Waals surface area (Å²) in [5, 5.41) is 16.0. The molecule has 82 valence electrons. The second-order valence-corrected chi connectivity index (χ2v) is 2.18. The van der Waals surface area contributed by atoms with Crippen LogP contribution in [0.1, 0.15) is 6.42 Å². The van der Waals surface area contributed by atoms with Crippen molar-refractivity contribution in [3.05, 3.63) is 12.2 Å². The van der Waals surface area contributed by atoms with Crippen LogP contribution in [0.2, 0.25) is 0 Å². The van der Waals surface area contributed by atoms with E-state index in [2.05, 4.69) is 16.1 Å². The molecule has 0 aromatic heterocycles. The van der Waals surface area contributed by atoms with Crippen molar-refractivity contribution in [2.24, 2.45) is 0 Å². The normalized spacial score (nSPS) is 8.80. The van der Waals surface area contributed by atoms with Gasteiger partial charge in [0, 0.05) is 5.57 Å². The van der Waals surface area contributed by atoms with Gasteiger partial charge in [0.15, 0.2) is 0 Å². The highest BCUT2D eigenvalue weighted by atomic mass is 16.7. The predicted octanol–water partition coefficient (Wildman–Crippen LogP) is 0.375. The summed E-state index contributed by atoms with van der Waals surface area (Å²) < 4.78 is 7.28.